The highest BCUT2D eigenvalue weighted by Crippen LogP contribution is 2.36. The molecule has 2 aliphatic rings. The summed E-state index contributed by atoms with van der Waals surface area (Å²) in [5.41, 5.74) is 6.41. The molecular weight excluding hydrogens is 1140 g/mol. The van der Waals surface area contributed by atoms with E-state index in [0.29, 0.717) is 188 Å². The zero-order valence-electron chi connectivity index (χ0n) is 48.4. The molecular formula is C60H74Cl2N10O13. The van der Waals surface area contributed by atoms with Crippen LogP contribution in [-0.2, 0) is 52.2 Å². The highest BCUT2D eigenvalue weighted by molar-refractivity contribution is 6.31. The van der Waals surface area contributed by atoms with E-state index in [0.717, 1.165) is 33.6 Å². The summed E-state index contributed by atoms with van der Waals surface area (Å²) < 4.78 is 65.4. The summed E-state index contributed by atoms with van der Waals surface area (Å²) in [4.78, 5) is 36.7. The predicted octanol–water partition coefficient (Wildman–Crippen LogP) is 6.44. The van der Waals surface area contributed by atoms with Crippen molar-refractivity contribution in [2.75, 3.05) is 146 Å². The smallest absolute Gasteiger partial charge is 0.222 e. The van der Waals surface area contributed by atoms with Crippen molar-refractivity contribution in [1.29, 1.82) is 0 Å². The first-order chi connectivity index (χ1) is 41.6. The number of carbonyl (C=O) groups excluding carboxylic acids is 2. The number of nitrogens with zero attached hydrogens (tertiary/aromatic N) is 8. The third-order valence-electron chi connectivity index (χ3n) is 13.4. The van der Waals surface area contributed by atoms with E-state index in [-0.39, 0.29) is 24.7 Å². The van der Waals surface area contributed by atoms with Gasteiger partial charge in [-0.1, -0.05) is 47.5 Å². The van der Waals surface area contributed by atoms with Crippen LogP contribution in [0.25, 0.3) is 11.4 Å². The SMILES string of the molecule is COc1ccc2c(c1)C(c1ccc(Cl)cc1)=N[C@@H](CC(=O)NCCOCCOCCOCCOCCOCCOCCOCCOCCOCCNC(=O)C[C@@H]1N=C(c3ccc(Cl)cc3)c3cc(OC)ccc3-n3c(C)nnc31)c1nnc(C)n1-2. The van der Waals surface area contributed by atoms with Crippen LogP contribution in [0.3, 0.4) is 0 Å². The molecule has 4 aromatic carbocycles. The van der Waals surface area contributed by atoms with E-state index in [1.807, 2.05) is 108 Å². The average Bonchev–Trinajstić information content (AvgIpc) is 2.64. The van der Waals surface area contributed by atoms with Gasteiger partial charge in [-0.3, -0.25) is 28.7 Å². The molecule has 6 aromatic rings. The van der Waals surface area contributed by atoms with Crippen LogP contribution in [-0.4, -0.2) is 199 Å². The Kier molecular flexibility index (Phi) is 26.0. The molecule has 0 saturated heterocycles. The second-order valence-electron chi connectivity index (χ2n) is 19.3. The first-order valence-electron chi connectivity index (χ1n) is 28.2. The summed E-state index contributed by atoms with van der Waals surface area (Å²) in [6.45, 7) is 11.8. The van der Waals surface area contributed by atoms with Gasteiger partial charge in [-0.25, -0.2) is 0 Å². The summed E-state index contributed by atoms with van der Waals surface area (Å²) in [5.74, 6) is 3.45. The number of rotatable bonds is 38. The summed E-state index contributed by atoms with van der Waals surface area (Å²) >= 11 is 12.4. The molecule has 0 radical (unpaired) electrons. The van der Waals surface area contributed by atoms with E-state index < -0.39 is 12.1 Å². The topological polar surface area (TPSA) is 246 Å². The number of ether oxygens (including phenoxy) is 11. The third kappa shape index (κ3) is 19.1. The standard InChI is InChI=1S/C60H74Cl2N10O13/c1-41-67-69-59-51(65-57(43-5-9-45(61)10-6-43)49-37-47(75-3)13-15-53(49)71(41)59)39-55(73)63-17-19-77-21-23-79-25-27-81-29-31-83-33-35-85-36-34-84-32-30-82-28-26-80-24-22-78-20-18-64-56(74)40-52-60-70-68-42(2)72(60)54-16-14-48(76-4)38-50(54)58(66-52)44-7-11-46(62)12-8-44/h5-16,37-38,51-52H,17-36,39-40H2,1-4H3,(H,63,73)(H,64,74)/t51-,52-/m0/s1. The molecule has 0 unspecified atom stereocenters. The van der Waals surface area contributed by atoms with Gasteiger partial charge in [0.1, 0.15) is 35.2 Å². The van der Waals surface area contributed by atoms with Gasteiger partial charge < -0.3 is 62.7 Å². The Morgan fingerprint density at radius 1 is 0.435 bits per heavy atom. The number of amides is 2. The Bertz CT molecular complexity index is 2920. The molecule has 2 amide bonds. The minimum atomic E-state index is -0.606. The molecule has 2 aromatic heterocycles. The molecule has 2 N–H and O–H groups in total. The Balaban J connectivity index is 0.566. The lowest BCUT2D eigenvalue weighted by molar-refractivity contribution is -0.122. The van der Waals surface area contributed by atoms with Crippen LogP contribution in [0.2, 0.25) is 10.0 Å². The zero-order valence-corrected chi connectivity index (χ0v) is 49.9. The first kappa shape index (κ1) is 64.3. The van der Waals surface area contributed by atoms with Crippen LogP contribution in [0, 0.1) is 13.8 Å². The Morgan fingerprint density at radius 3 is 1.05 bits per heavy atom. The van der Waals surface area contributed by atoms with Gasteiger partial charge in [-0.05, 0) is 74.5 Å². The quantitative estimate of drug-likeness (QED) is 0.0396. The van der Waals surface area contributed by atoms with Crippen molar-refractivity contribution < 1.29 is 61.7 Å². The van der Waals surface area contributed by atoms with Crippen molar-refractivity contribution in [1.82, 2.24) is 40.2 Å². The van der Waals surface area contributed by atoms with Crippen LogP contribution in [0.5, 0.6) is 11.5 Å². The van der Waals surface area contributed by atoms with Gasteiger partial charge in [0.2, 0.25) is 11.8 Å². The molecule has 85 heavy (non-hydrogen) atoms. The van der Waals surface area contributed by atoms with Gasteiger partial charge in [-0.2, -0.15) is 0 Å². The van der Waals surface area contributed by atoms with Gasteiger partial charge >= 0.3 is 0 Å². The number of benzene rings is 4. The maximum atomic E-state index is 13.2. The lowest BCUT2D eigenvalue weighted by Gasteiger charge is -2.14. The van der Waals surface area contributed by atoms with E-state index in [2.05, 4.69) is 31.0 Å². The average molecular weight is 1210 g/mol. The number of nitrogens with one attached hydrogen (secondary N) is 2. The van der Waals surface area contributed by atoms with E-state index in [9.17, 15) is 9.59 Å². The number of aliphatic imine (C=N–C) groups is 2. The fourth-order valence-electron chi connectivity index (χ4n) is 9.24. The van der Waals surface area contributed by atoms with Crippen molar-refractivity contribution in [3.05, 3.63) is 141 Å². The third-order valence-corrected chi connectivity index (χ3v) is 13.9. The Labute approximate surface area is 504 Å². The predicted molar refractivity (Wildman–Crippen MR) is 318 cm³/mol. The van der Waals surface area contributed by atoms with Gasteiger partial charge in [0.25, 0.3) is 0 Å². The maximum Gasteiger partial charge on any atom is 0.222 e. The maximum absolute atomic E-state index is 13.2. The molecule has 0 aliphatic carbocycles. The Morgan fingerprint density at radius 2 is 0.741 bits per heavy atom. The molecule has 25 heteroatoms. The minimum absolute atomic E-state index is 0.0576. The molecule has 456 valence electrons. The second kappa shape index (κ2) is 34.4. The monoisotopic (exact) mass is 1210 g/mol. The number of aromatic nitrogens is 6. The summed E-state index contributed by atoms with van der Waals surface area (Å²) in [6, 6.07) is 25.2. The van der Waals surface area contributed by atoms with Crippen LogP contribution >= 0.6 is 23.2 Å². The van der Waals surface area contributed by atoms with Gasteiger partial charge in [0.15, 0.2) is 11.6 Å². The second-order valence-corrected chi connectivity index (χ2v) is 20.1. The summed E-state index contributed by atoms with van der Waals surface area (Å²) in [7, 11) is 3.23. The molecule has 23 nitrogen and oxygen atoms in total. The largest absolute Gasteiger partial charge is 0.497 e. The molecule has 2 atom stereocenters. The van der Waals surface area contributed by atoms with Gasteiger partial charge in [0, 0.05) is 45.4 Å². The number of methoxy groups -OCH3 is 2. The number of carbonyl (C=O) groups is 2. The lowest BCUT2D eigenvalue weighted by Crippen LogP contribution is -2.29. The first-order valence-corrected chi connectivity index (χ1v) is 29.0. The van der Waals surface area contributed by atoms with Gasteiger partial charge in [0.05, 0.1) is 169 Å². The number of hydrogen-bond donors (Lipinski definition) is 2. The molecule has 4 heterocycles. The lowest BCUT2D eigenvalue weighted by atomic mass is 10.00. The number of fused-ring (bicyclic) bond motifs is 6. The summed E-state index contributed by atoms with van der Waals surface area (Å²) in [6.07, 6.45) is 0.115. The molecule has 8 rings (SSSR count). The number of aryl methyl sites for hydroxylation is 2. The van der Waals surface area contributed by atoms with E-state index >= 15 is 0 Å². The van der Waals surface area contributed by atoms with Crippen molar-refractivity contribution in [2.24, 2.45) is 9.98 Å². The van der Waals surface area contributed by atoms with E-state index in [4.69, 9.17) is 85.3 Å². The highest BCUT2D eigenvalue weighted by atomic mass is 35.5. The molecule has 0 spiro atoms. The molecule has 2 aliphatic heterocycles. The molecule has 0 saturated carbocycles. The van der Waals surface area contributed by atoms with Crippen LogP contribution < -0.4 is 20.1 Å². The van der Waals surface area contributed by atoms with Crippen molar-refractivity contribution in [3.8, 4) is 22.9 Å². The highest BCUT2D eigenvalue weighted by Gasteiger charge is 2.32. The van der Waals surface area contributed by atoms with Gasteiger partial charge in [-0.15, -0.1) is 20.4 Å². The number of halogens is 2. The van der Waals surface area contributed by atoms with Crippen LogP contribution in [0.4, 0.5) is 0 Å². The van der Waals surface area contributed by atoms with Crippen LogP contribution in [0.1, 0.15) is 70.5 Å². The Hall–Kier alpha value is -6.74. The zero-order chi connectivity index (χ0) is 59.6. The van der Waals surface area contributed by atoms with E-state index in [1.165, 1.54) is 0 Å². The van der Waals surface area contributed by atoms with Crippen molar-refractivity contribution >= 4 is 46.4 Å². The van der Waals surface area contributed by atoms with Crippen molar-refractivity contribution in [3.63, 3.8) is 0 Å². The van der Waals surface area contributed by atoms with Crippen molar-refractivity contribution in [2.45, 2.75) is 38.8 Å². The normalized spacial score (nSPS) is 14.3. The fourth-order valence-corrected chi connectivity index (χ4v) is 9.49. The minimum Gasteiger partial charge on any atom is -0.497 e. The van der Waals surface area contributed by atoms with Crippen LogP contribution in [0.15, 0.2) is 94.9 Å². The molecule has 0 bridgehead atoms. The number of hydrogen-bond acceptors (Lipinski definition) is 19. The molecule has 0 fully saturated rings. The van der Waals surface area contributed by atoms with E-state index in [1.54, 1.807) is 14.2 Å². The fraction of sp³-hybridized carbons (Fsp3) is 0.467. The summed E-state index contributed by atoms with van der Waals surface area (Å²) in [5, 5.41) is 24.7.